The summed E-state index contributed by atoms with van der Waals surface area (Å²) in [4.78, 5) is 11.7. The highest BCUT2D eigenvalue weighted by Gasteiger charge is 2.06. The molecule has 14 heavy (non-hydrogen) atoms. The van der Waals surface area contributed by atoms with Gasteiger partial charge in [-0.25, -0.2) is 0 Å². The molecule has 0 aliphatic carbocycles. The highest BCUT2D eigenvalue weighted by molar-refractivity contribution is 7.80. The van der Waals surface area contributed by atoms with E-state index in [9.17, 15) is 4.79 Å². The van der Waals surface area contributed by atoms with Crippen molar-refractivity contribution in [2.75, 3.05) is 6.54 Å². The molecule has 1 heterocycles. The lowest BCUT2D eigenvalue weighted by atomic mass is 10.3. The van der Waals surface area contributed by atoms with Crippen LogP contribution in [0.2, 0.25) is 0 Å². The highest BCUT2D eigenvalue weighted by atomic mass is 32.1. The lowest BCUT2D eigenvalue weighted by Gasteiger charge is -2.01. The van der Waals surface area contributed by atoms with Gasteiger partial charge in [-0.15, -0.1) is 0 Å². The monoisotopic (exact) mass is 213 g/mol. The summed E-state index contributed by atoms with van der Waals surface area (Å²) in [5, 5.41) is 12.2. The first-order chi connectivity index (χ1) is 6.70. The molecule has 0 spiro atoms. The van der Waals surface area contributed by atoms with Crippen LogP contribution in [0.4, 0.5) is 0 Å². The van der Waals surface area contributed by atoms with E-state index >= 15 is 0 Å². The molecule has 0 radical (unpaired) electrons. The van der Waals surface area contributed by atoms with Crippen molar-refractivity contribution < 1.29 is 4.79 Å². The summed E-state index contributed by atoms with van der Waals surface area (Å²) in [5.41, 5.74) is 5.57. The zero-order chi connectivity index (χ0) is 10.4. The van der Waals surface area contributed by atoms with Crippen LogP contribution in [0.25, 0.3) is 0 Å². The van der Waals surface area contributed by atoms with Crippen molar-refractivity contribution in [3.05, 3.63) is 11.9 Å². The molecule has 0 saturated carbocycles. The molecule has 1 amide bonds. The summed E-state index contributed by atoms with van der Waals surface area (Å²) in [5.74, 6) is -0.248. The first-order valence-corrected chi connectivity index (χ1v) is 4.53. The molecule has 6 nitrogen and oxygen atoms in total. The number of aromatic nitrogens is 3. The van der Waals surface area contributed by atoms with Gasteiger partial charge in [0.15, 0.2) is 5.69 Å². The third-order valence-electron chi connectivity index (χ3n) is 1.53. The summed E-state index contributed by atoms with van der Waals surface area (Å²) >= 11 is 4.69. The molecule has 0 unspecified atom stereocenters. The van der Waals surface area contributed by atoms with Crippen LogP contribution < -0.4 is 11.1 Å². The molecular weight excluding hydrogens is 202 g/mol. The molecule has 0 saturated heterocycles. The average molecular weight is 213 g/mol. The summed E-state index contributed by atoms with van der Waals surface area (Å²) in [6.45, 7) is 0.531. The maximum Gasteiger partial charge on any atom is 0.273 e. The van der Waals surface area contributed by atoms with Crippen molar-refractivity contribution in [3.8, 4) is 0 Å². The number of rotatable bonds is 5. The number of aromatic amines is 1. The number of carbonyl (C=O) groups excluding carboxylic acids is 1. The zero-order valence-corrected chi connectivity index (χ0v) is 8.30. The Bertz CT molecular complexity index is 310. The molecule has 0 bridgehead atoms. The Labute approximate surface area is 86.3 Å². The number of thiocarbonyl (C=S) groups is 1. The molecule has 0 aliphatic rings. The van der Waals surface area contributed by atoms with E-state index in [4.69, 9.17) is 18.0 Å². The van der Waals surface area contributed by atoms with Gasteiger partial charge in [0.1, 0.15) is 0 Å². The molecule has 7 heteroatoms. The number of hydrogen-bond acceptors (Lipinski definition) is 4. The third-order valence-corrected chi connectivity index (χ3v) is 1.74. The van der Waals surface area contributed by atoms with Crippen LogP contribution in [0.15, 0.2) is 6.20 Å². The van der Waals surface area contributed by atoms with E-state index in [0.717, 1.165) is 6.42 Å². The van der Waals surface area contributed by atoms with E-state index in [1.165, 1.54) is 6.20 Å². The van der Waals surface area contributed by atoms with Crippen molar-refractivity contribution in [1.29, 1.82) is 0 Å². The fourth-order valence-electron chi connectivity index (χ4n) is 0.866. The van der Waals surface area contributed by atoms with Crippen molar-refractivity contribution in [1.82, 2.24) is 20.7 Å². The molecule has 1 aromatic heterocycles. The predicted octanol–water partition coefficient (Wildman–Crippen LogP) is -0.399. The first-order valence-electron chi connectivity index (χ1n) is 4.12. The highest BCUT2D eigenvalue weighted by Crippen LogP contribution is 1.90. The van der Waals surface area contributed by atoms with Crippen molar-refractivity contribution in [3.63, 3.8) is 0 Å². The van der Waals surface area contributed by atoms with E-state index in [1.54, 1.807) is 0 Å². The second-order valence-electron chi connectivity index (χ2n) is 2.68. The first kappa shape index (κ1) is 10.6. The van der Waals surface area contributed by atoms with Gasteiger partial charge in [-0.2, -0.15) is 15.4 Å². The number of H-pyrrole nitrogens is 1. The Morgan fingerprint density at radius 1 is 1.71 bits per heavy atom. The van der Waals surface area contributed by atoms with Gasteiger partial charge in [0, 0.05) is 6.54 Å². The second kappa shape index (κ2) is 5.28. The minimum atomic E-state index is -0.248. The average Bonchev–Trinajstić information content (AvgIpc) is 2.64. The van der Waals surface area contributed by atoms with E-state index in [1.807, 2.05) is 0 Å². The molecule has 4 N–H and O–H groups in total. The Morgan fingerprint density at radius 2 is 2.50 bits per heavy atom. The minimum absolute atomic E-state index is 0.248. The van der Waals surface area contributed by atoms with Gasteiger partial charge >= 0.3 is 0 Å². The van der Waals surface area contributed by atoms with E-state index < -0.39 is 0 Å². The smallest absolute Gasteiger partial charge is 0.273 e. The van der Waals surface area contributed by atoms with Gasteiger partial charge in [-0.05, 0) is 12.8 Å². The Morgan fingerprint density at radius 3 is 3.07 bits per heavy atom. The molecular formula is C7H11N5OS. The second-order valence-corrected chi connectivity index (χ2v) is 3.21. The van der Waals surface area contributed by atoms with Crippen LogP contribution in [-0.4, -0.2) is 32.9 Å². The standard InChI is InChI=1S/C7H11N5OS/c8-6(14)2-1-3-9-7(13)5-4-10-12-11-5/h4H,1-3H2,(H2,8,14)(H,9,13)(H,10,11,12). The Hall–Kier alpha value is -1.50. The molecule has 0 fully saturated rings. The van der Waals surface area contributed by atoms with Gasteiger partial charge < -0.3 is 11.1 Å². The normalized spacial score (nSPS) is 9.71. The molecule has 0 aromatic carbocycles. The molecule has 0 atom stereocenters. The van der Waals surface area contributed by atoms with Crippen LogP contribution in [0.1, 0.15) is 23.3 Å². The summed E-state index contributed by atoms with van der Waals surface area (Å²) in [6.07, 6.45) is 2.73. The van der Waals surface area contributed by atoms with Crippen molar-refractivity contribution >= 4 is 23.1 Å². The van der Waals surface area contributed by atoms with Crippen molar-refractivity contribution in [2.24, 2.45) is 5.73 Å². The zero-order valence-electron chi connectivity index (χ0n) is 7.49. The van der Waals surface area contributed by atoms with E-state index in [-0.39, 0.29) is 11.6 Å². The predicted molar refractivity (Wildman–Crippen MR) is 54.7 cm³/mol. The lowest BCUT2D eigenvalue weighted by molar-refractivity contribution is 0.0948. The molecule has 1 rings (SSSR count). The number of hydrogen-bond donors (Lipinski definition) is 3. The maximum atomic E-state index is 11.3. The van der Waals surface area contributed by atoms with Crippen LogP contribution >= 0.6 is 12.2 Å². The minimum Gasteiger partial charge on any atom is -0.393 e. The van der Waals surface area contributed by atoms with Crippen LogP contribution in [0.5, 0.6) is 0 Å². The van der Waals surface area contributed by atoms with E-state index in [0.29, 0.717) is 18.0 Å². The Kier molecular flexibility index (Phi) is 3.99. The van der Waals surface area contributed by atoms with Gasteiger partial charge in [-0.3, -0.25) is 4.79 Å². The maximum absolute atomic E-state index is 11.3. The fraction of sp³-hybridized carbons (Fsp3) is 0.429. The number of nitrogens with one attached hydrogen (secondary N) is 2. The third kappa shape index (κ3) is 3.48. The number of nitrogens with zero attached hydrogens (tertiary/aromatic N) is 2. The number of amides is 1. The quantitative estimate of drug-likeness (QED) is 0.457. The van der Waals surface area contributed by atoms with Gasteiger partial charge in [-0.1, -0.05) is 12.2 Å². The summed E-state index contributed by atoms with van der Waals surface area (Å²) < 4.78 is 0. The largest absolute Gasteiger partial charge is 0.393 e. The SMILES string of the molecule is NC(=S)CCCNC(=O)c1cn[nH]n1. The van der Waals surface area contributed by atoms with Crippen molar-refractivity contribution in [2.45, 2.75) is 12.8 Å². The van der Waals surface area contributed by atoms with Gasteiger partial charge in [0.25, 0.3) is 5.91 Å². The molecule has 0 aliphatic heterocycles. The lowest BCUT2D eigenvalue weighted by Crippen LogP contribution is -2.25. The van der Waals surface area contributed by atoms with Gasteiger partial charge in [0.05, 0.1) is 11.2 Å². The van der Waals surface area contributed by atoms with E-state index in [2.05, 4.69) is 20.7 Å². The topological polar surface area (TPSA) is 96.7 Å². The number of nitrogens with two attached hydrogens (primary N) is 1. The number of carbonyl (C=O) groups is 1. The van der Waals surface area contributed by atoms with Crippen LogP contribution in [0.3, 0.4) is 0 Å². The molecule has 76 valence electrons. The molecule has 1 aromatic rings. The summed E-state index contributed by atoms with van der Waals surface area (Å²) in [6, 6.07) is 0. The summed E-state index contributed by atoms with van der Waals surface area (Å²) in [7, 11) is 0. The van der Waals surface area contributed by atoms with Crippen LogP contribution in [0, 0.1) is 0 Å². The fourth-order valence-corrected chi connectivity index (χ4v) is 1.01. The van der Waals surface area contributed by atoms with Gasteiger partial charge in [0.2, 0.25) is 0 Å². The Balaban J connectivity index is 2.19. The van der Waals surface area contributed by atoms with Crippen LogP contribution in [-0.2, 0) is 0 Å².